The maximum absolute atomic E-state index is 10.8. The van der Waals surface area contributed by atoms with Gasteiger partial charge in [-0.3, -0.25) is 10.1 Å². The molecule has 0 saturated carbocycles. The molecule has 1 aliphatic rings. The third-order valence-electron chi connectivity index (χ3n) is 3.19. The Morgan fingerprint density at radius 3 is 2.80 bits per heavy atom. The number of aromatic nitrogens is 1. The van der Waals surface area contributed by atoms with Crippen LogP contribution in [0.3, 0.4) is 0 Å². The Morgan fingerprint density at radius 1 is 1.50 bits per heavy atom. The zero-order valence-electron chi connectivity index (χ0n) is 10.9. The van der Waals surface area contributed by atoms with Crippen molar-refractivity contribution < 1.29 is 14.8 Å². The zero-order chi connectivity index (χ0) is 14.5. The summed E-state index contributed by atoms with van der Waals surface area (Å²) in [5.74, 6) is 0.518. The topological polar surface area (TPSA) is 88.7 Å². The molecule has 2 heterocycles. The highest BCUT2D eigenvalue weighted by Gasteiger charge is 2.22. The van der Waals surface area contributed by atoms with Gasteiger partial charge >= 0.3 is 0 Å². The highest BCUT2D eigenvalue weighted by atomic mass is 35.5. The average molecular weight is 302 g/mol. The van der Waals surface area contributed by atoms with Gasteiger partial charge in [0.15, 0.2) is 0 Å². The fourth-order valence-electron chi connectivity index (χ4n) is 2.21. The number of nitro groups is 1. The van der Waals surface area contributed by atoms with E-state index in [1.54, 1.807) is 0 Å². The molecule has 0 radical (unpaired) electrons. The van der Waals surface area contributed by atoms with Crippen LogP contribution in [0.1, 0.15) is 12.8 Å². The lowest BCUT2D eigenvalue weighted by Crippen LogP contribution is -2.37. The lowest BCUT2D eigenvalue weighted by atomic mass is 10.1. The number of pyridine rings is 1. The van der Waals surface area contributed by atoms with Crippen molar-refractivity contribution in [3.05, 3.63) is 27.4 Å². The van der Waals surface area contributed by atoms with Crippen molar-refractivity contribution in [2.24, 2.45) is 0 Å². The fourth-order valence-corrected chi connectivity index (χ4v) is 2.41. The van der Waals surface area contributed by atoms with Crippen molar-refractivity contribution in [3.8, 4) is 0 Å². The van der Waals surface area contributed by atoms with E-state index in [-0.39, 0.29) is 23.6 Å². The highest BCUT2D eigenvalue weighted by molar-refractivity contribution is 6.29. The van der Waals surface area contributed by atoms with Crippen LogP contribution in [0.4, 0.5) is 11.5 Å². The monoisotopic (exact) mass is 301 g/mol. The Morgan fingerprint density at radius 2 is 2.20 bits per heavy atom. The number of rotatable bonds is 5. The van der Waals surface area contributed by atoms with Crippen LogP contribution in [0, 0.1) is 10.1 Å². The summed E-state index contributed by atoms with van der Waals surface area (Å²) in [5.41, 5.74) is -0.0568. The second-order valence-electron chi connectivity index (χ2n) is 4.54. The normalized spacial score (nSPS) is 16.4. The molecule has 1 N–H and O–H groups in total. The van der Waals surface area contributed by atoms with Gasteiger partial charge in [0, 0.05) is 13.1 Å². The first-order valence-electron chi connectivity index (χ1n) is 6.39. The molecule has 20 heavy (non-hydrogen) atoms. The molecule has 0 aromatic carbocycles. The van der Waals surface area contributed by atoms with Gasteiger partial charge in [-0.05, 0) is 12.8 Å². The third kappa shape index (κ3) is 3.78. The highest BCUT2D eigenvalue weighted by Crippen LogP contribution is 2.26. The maximum Gasteiger partial charge on any atom is 0.276 e. The van der Waals surface area contributed by atoms with Crippen molar-refractivity contribution in [3.63, 3.8) is 0 Å². The molecule has 0 amide bonds. The molecule has 1 aromatic heterocycles. The van der Waals surface area contributed by atoms with E-state index in [4.69, 9.17) is 21.4 Å². The Balaban J connectivity index is 2.01. The Hall–Kier alpha value is -1.44. The minimum Gasteiger partial charge on any atom is -0.394 e. The van der Waals surface area contributed by atoms with Gasteiger partial charge in [-0.15, -0.1) is 0 Å². The fraction of sp³-hybridized carbons (Fsp3) is 0.583. The first-order chi connectivity index (χ1) is 9.60. The van der Waals surface area contributed by atoms with Crippen molar-refractivity contribution in [2.45, 2.75) is 18.9 Å². The number of aliphatic hydroxyl groups excluding tert-OH is 1. The van der Waals surface area contributed by atoms with Crippen LogP contribution in [0.2, 0.25) is 5.15 Å². The van der Waals surface area contributed by atoms with E-state index in [1.807, 2.05) is 4.90 Å². The van der Waals surface area contributed by atoms with Crippen molar-refractivity contribution in [2.75, 3.05) is 31.2 Å². The van der Waals surface area contributed by atoms with Crippen LogP contribution in [0.25, 0.3) is 0 Å². The van der Waals surface area contributed by atoms with Gasteiger partial charge in [0.2, 0.25) is 0 Å². The molecule has 0 spiro atoms. The summed E-state index contributed by atoms with van der Waals surface area (Å²) < 4.78 is 5.47. The van der Waals surface area contributed by atoms with Gasteiger partial charge < -0.3 is 14.7 Å². The minimum absolute atomic E-state index is 0.0161. The van der Waals surface area contributed by atoms with E-state index >= 15 is 0 Å². The van der Waals surface area contributed by atoms with Crippen LogP contribution in [-0.2, 0) is 4.74 Å². The van der Waals surface area contributed by atoms with E-state index in [1.165, 1.54) is 12.1 Å². The molecule has 2 rings (SSSR count). The van der Waals surface area contributed by atoms with Gasteiger partial charge in [0.1, 0.15) is 11.0 Å². The first-order valence-corrected chi connectivity index (χ1v) is 6.77. The molecule has 1 aliphatic heterocycles. The smallest absolute Gasteiger partial charge is 0.276 e. The Kier molecular flexibility index (Phi) is 5.11. The largest absolute Gasteiger partial charge is 0.394 e. The molecular weight excluding hydrogens is 286 g/mol. The third-order valence-corrected chi connectivity index (χ3v) is 3.38. The molecule has 1 aromatic rings. The number of piperidine rings is 1. The molecule has 7 nitrogen and oxygen atoms in total. The van der Waals surface area contributed by atoms with E-state index in [2.05, 4.69) is 4.98 Å². The van der Waals surface area contributed by atoms with E-state index in [0.29, 0.717) is 25.5 Å². The summed E-state index contributed by atoms with van der Waals surface area (Å²) in [5, 5.41) is 19.6. The van der Waals surface area contributed by atoms with E-state index in [0.717, 1.165) is 12.8 Å². The van der Waals surface area contributed by atoms with Crippen LogP contribution in [0.5, 0.6) is 0 Å². The second kappa shape index (κ2) is 6.83. The molecule has 0 unspecified atom stereocenters. The SMILES string of the molecule is O=[N+]([O-])c1cc(Cl)nc(N2CCC(OCCO)CC2)c1. The lowest BCUT2D eigenvalue weighted by molar-refractivity contribution is -0.384. The quantitative estimate of drug-likeness (QED) is 0.505. The maximum atomic E-state index is 10.8. The van der Waals surface area contributed by atoms with Gasteiger partial charge in [-0.2, -0.15) is 0 Å². The second-order valence-corrected chi connectivity index (χ2v) is 4.93. The van der Waals surface area contributed by atoms with Crippen molar-refractivity contribution in [1.29, 1.82) is 0 Å². The van der Waals surface area contributed by atoms with Crippen LogP contribution >= 0.6 is 11.6 Å². The number of hydrogen-bond acceptors (Lipinski definition) is 6. The number of aliphatic hydroxyl groups is 1. The van der Waals surface area contributed by atoms with E-state index < -0.39 is 4.92 Å². The van der Waals surface area contributed by atoms with E-state index in [9.17, 15) is 10.1 Å². The Bertz CT molecular complexity index is 478. The molecule has 0 bridgehead atoms. The number of nitrogens with zero attached hydrogens (tertiary/aromatic N) is 3. The van der Waals surface area contributed by atoms with Crippen LogP contribution in [0.15, 0.2) is 12.1 Å². The molecule has 1 fully saturated rings. The molecule has 0 atom stereocenters. The van der Waals surface area contributed by atoms with Gasteiger partial charge in [-0.1, -0.05) is 11.6 Å². The zero-order valence-corrected chi connectivity index (χ0v) is 11.6. The molecular formula is C12H16ClN3O4. The summed E-state index contributed by atoms with van der Waals surface area (Å²) in [4.78, 5) is 16.4. The van der Waals surface area contributed by atoms with Crippen LogP contribution < -0.4 is 4.90 Å². The summed E-state index contributed by atoms with van der Waals surface area (Å²) in [6.07, 6.45) is 1.71. The summed E-state index contributed by atoms with van der Waals surface area (Å²) in [6, 6.07) is 2.67. The van der Waals surface area contributed by atoms with Gasteiger partial charge in [-0.25, -0.2) is 4.98 Å². The van der Waals surface area contributed by atoms with Crippen molar-refractivity contribution >= 4 is 23.1 Å². The number of halogens is 1. The van der Waals surface area contributed by atoms with Gasteiger partial charge in [0.05, 0.1) is 36.4 Å². The molecule has 110 valence electrons. The summed E-state index contributed by atoms with van der Waals surface area (Å²) in [6.45, 7) is 1.75. The number of anilines is 1. The number of hydrogen-bond donors (Lipinski definition) is 1. The van der Waals surface area contributed by atoms with Gasteiger partial charge in [0.25, 0.3) is 5.69 Å². The molecule has 0 aliphatic carbocycles. The average Bonchev–Trinajstić information content (AvgIpc) is 2.45. The van der Waals surface area contributed by atoms with Crippen molar-refractivity contribution in [1.82, 2.24) is 4.98 Å². The standard InChI is InChI=1S/C12H16ClN3O4/c13-11-7-9(16(18)19)8-12(14-11)15-3-1-10(2-4-15)20-6-5-17/h7-8,10,17H,1-6H2. The predicted octanol–water partition coefficient (Wildman–Crippen LogP) is 1.62. The van der Waals surface area contributed by atoms with Crippen LogP contribution in [-0.4, -0.2) is 47.4 Å². The first kappa shape index (κ1) is 15.0. The lowest BCUT2D eigenvalue weighted by Gasteiger charge is -2.32. The molecule has 1 saturated heterocycles. The minimum atomic E-state index is -0.478. The summed E-state index contributed by atoms with van der Waals surface area (Å²) in [7, 11) is 0. The number of ether oxygens (including phenoxy) is 1. The Labute approximate surface area is 121 Å². The predicted molar refractivity (Wildman–Crippen MR) is 74.2 cm³/mol. The summed E-state index contributed by atoms with van der Waals surface area (Å²) >= 11 is 5.82. The molecule has 8 heteroatoms.